The molecular weight excluding hydrogens is 346 g/mol. The summed E-state index contributed by atoms with van der Waals surface area (Å²) >= 11 is 0. The minimum Gasteiger partial charge on any atom is -0.483 e. The Morgan fingerprint density at radius 1 is 1.26 bits per heavy atom. The number of carbonyl (C=O) groups excluding carboxylic acids is 1. The van der Waals surface area contributed by atoms with Gasteiger partial charge in [-0.2, -0.15) is 5.10 Å². The number of ether oxygens (including phenoxy) is 1. The molecule has 2 aromatic rings. The van der Waals surface area contributed by atoms with Crippen molar-refractivity contribution in [1.29, 1.82) is 0 Å². The van der Waals surface area contributed by atoms with Gasteiger partial charge in [-0.05, 0) is 30.9 Å². The van der Waals surface area contributed by atoms with Crippen molar-refractivity contribution >= 4 is 17.3 Å². The zero-order valence-electron chi connectivity index (χ0n) is 15.6. The highest BCUT2D eigenvalue weighted by Gasteiger charge is 2.11. The van der Waals surface area contributed by atoms with E-state index in [1.807, 2.05) is 24.3 Å². The van der Waals surface area contributed by atoms with Crippen LogP contribution >= 0.6 is 0 Å². The number of hydrogen-bond acceptors (Lipinski definition) is 5. The second-order valence-electron chi connectivity index (χ2n) is 6.18. The number of hydrazone groups is 1. The van der Waals surface area contributed by atoms with Gasteiger partial charge in [0.25, 0.3) is 11.6 Å². The molecule has 142 valence electrons. The number of rotatable bonds is 8. The van der Waals surface area contributed by atoms with E-state index in [0.29, 0.717) is 22.9 Å². The van der Waals surface area contributed by atoms with E-state index in [9.17, 15) is 14.9 Å². The van der Waals surface area contributed by atoms with Gasteiger partial charge in [0.05, 0.1) is 10.6 Å². The molecule has 0 spiro atoms. The molecular formula is C20H23N3O4. The lowest BCUT2D eigenvalue weighted by Gasteiger charge is -2.15. The maximum atomic E-state index is 12.0. The molecule has 1 unspecified atom stereocenters. The smallest absolute Gasteiger partial charge is 0.277 e. The SMILES string of the molecule is CCC(C)c1ccccc1OCC(=O)NN=C(C)c1cccc([N+](=O)[O-])c1. The largest absolute Gasteiger partial charge is 0.483 e. The first-order chi connectivity index (χ1) is 12.9. The van der Waals surface area contributed by atoms with Crippen molar-refractivity contribution in [3.05, 3.63) is 69.8 Å². The third kappa shape index (κ3) is 5.64. The van der Waals surface area contributed by atoms with Gasteiger partial charge in [-0.25, -0.2) is 5.43 Å². The number of benzene rings is 2. The Morgan fingerprint density at radius 3 is 2.70 bits per heavy atom. The minimum absolute atomic E-state index is 0.0293. The molecule has 7 heteroatoms. The van der Waals surface area contributed by atoms with Crippen LogP contribution in [0.15, 0.2) is 53.6 Å². The number of non-ortho nitro benzene ring substituents is 1. The van der Waals surface area contributed by atoms with Crippen molar-refractivity contribution in [1.82, 2.24) is 5.43 Å². The second-order valence-corrected chi connectivity index (χ2v) is 6.18. The number of nitrogens with zero attached hydrogens (tertiary/aromatic N) is 2. The van der Waals surface area contributed by atoms with Crippen LogP contribution in [0, 0.1) is 10.1 Å². The summed E-state index contributed by atoms with van der Waals surface area (Å²) in [6.07, 6.45) is 0.971. The fourth-order valence-corrected chi connectivity index (χ4v) is 2.47. The summed E-state index contributed by atoms with van der Waals surface area (Å²) in [6.45, 7) is 5.70. The summed E-state index contributed by atoms with van der Waals surface area (Å²) in [4.78, 5) is 22.4. The maximum absolute atomic E-state index is 12.0. The van der Waals surface area contributed by atoms with E-state index >= 15 is 0 Å². The lowest BCUT2D eigenvalue weighted by molar-refractivity contribution is -0.384. The lowest BCUT2D eigenvalue weighted by atomic mass is 9.98. The third-order valence-electron chi connectivity index (χ3n) is 4.24. The summed E-state index contributed by atoms with van der Waals surface area (Å²) in [5, 5.41) is 14.8. The topological polar surface area (TPSA) is 93.8 Å². The fourth-order valence-electron chi connectivity index (χ4n) is 2.47. The number of hydrogen-bond donors (Lipinski definition) is 1. The van der Waals surface area contributed by atoms with Crippen LogP contribution in [0.2, 0.25) is 0 Å². The standard InChI is InChI=1S/C20H23N3O4/c1-4-14(2)18-10-5-6-11-19(18)27-13-20(24)22-21-15(3)16-8-7-9-17(12-16)23(25)26/h5-12,14H,4,13H2,1-3H3,(H,22,24). The first-order valence-corrected chi connectivity index (χ1v) is 8.72. The highest BCUT2D eigenvalue weighted by atomic mass is 16.6. The quantitative estimate of drug-likeness (QED) is 0.432. The Bertz CT molecular complexity index is 849. The number of carbonyl (C=O) groups is 1. The van der Waals surface area contributed by atoms with E-state index in [1.54, 1.807) is 19.1 Å². The van der Waals surface area contributed by atoms with Gasteiger partial charge in [-0.15, -0.1) is 0 Å². The van der Waals surface area contributed by atoms with Crippen LogP contribution in [0.1, 0.15) is 44.2 Å². The molecule has 1 N–H and O–H groups in total. The average molecular weight is 369 g/mol. The van der Waals surface area contributed by atoms with Crippen LogP contribution in [0.3, 0.4) is 0 Å². The van der Waals surface area contributed by atoms with E-state index in [0.717, 1.165) is 12.0 Å². The van der Waals surface area contributed by atoms with E-state index < -0.39 is 10.8 Å². The Morgan fingerprint density at radius 2 is 2.00 bits per heavy atom. The molecule has 0 fully saturated rings. The molecule has 27 heavy (non-hydrogen) atoms. The first-order valence-electron chi connectivity index (χ1n) is 8.72. The highest BCUT2D eigenvalue weighted by Crippen LogP contribution is 2.28. The molecule has 0 aromatic heterocycles. The molecule has 0 radical (unpaired) electrons. The van der Waals surface area contributed by atoms with Crippen molar-refractivity contribution in [2.75, 3.05) is 6.61 Å². The van der Waals surface area contributed by atoms with Gasteiger partial charge in [0, 0.05) is 17.7 Å². The van der Waals surface area contributed by atoms with Gasteiger partial charge in [0.15, 0.2) is 6.61 Å². The van der Waals surface area contributed by atoms with Crippen molar-refractivity contribution < 1.29 is 14.5 Å². The number of amides is 1. The Balaban J connectivity index is 1.97. The molecule has 0 saturated carbocycles. The summed E-state index contributed by atoms with van der Waals surface area (Å²) in [5.74, 6) is 0.610. The maximum Gasteiger partial charge on any atom is 0.277 e. The predicted molar refractivity (Wildman–Crippen MR) is 104 cm³/mol. The highest BCUT2D eigenvalue weighted by molar-refractivity contribution is 5.99. The van der Waals surface area contributed by atoms with Gasteiger partial charge in [-0.1, -0.05) is 44.2 Å². The lowest BCUT2D eigenvalue weighted by Crippen LogP contribution is -2.26. The molecule has 0 bridgehead atoms. The van der Waals surface area contributed by atoms with Crippen LogP contribution < -0.4 is 10.2 Å². The number of para-hydroxylation sites is 1. The van der Waals surface area contributed by atoms with Crippen LogP contribution in [-0.2, 0) is 4.79 Å². The second kappa shape index (κ2) is 9.47. The van der Waals surface area contributed by atoms with E-state index in [-0.39, 0.29) is 12.3 Å². The summed E-state index contributed by atoms with van der Waals surface area (Å²) in [6, 6.07) is 13.7. The van der Waals surface area contributed by atoms with Gasteiger partial charge >= 0.3 is 0 Å². The van der Waals surface area contributed by atoms with Gasteiger partial charge in [-0.3, -0.25) is 14.9 Å². The molecule has 0 heterocycles. The number of nitro benzene ring substituents is 1. The van der Waals surface area contributed by atoms with Crippen LogP contribution in [0.25, 0.3) is 0 Å². The van der Waals surface area contributed by atoms with E-state index in [2.05, 4.69) is 24.4 Å². The Hall–Kier alpha value is -3.22. The van der Waals surface area contributed by atoms with Crippen LogP contribution in [-0.4, -0.2) is 23.1 Å². The monoisotopic (exact) mass is 369 g/mol. The molecule has 0 saturated heterocycles. The first kappa shape index (κ1) is 20.1. The molecule has 0 aliphatic heterocycles. The summed E-state index contributed by atoms with van der Waals surface area (Å²) in [5.41, 5.74) is 4.47. The van der Waals surface area contributed by atoms with E-state index in [1.165, 1.54) is 12.1 Å². The minimum atomic E-state index is -0.474. The van der Waals surface area contributed by atoms with Gasteiger partial charge in [0.1, 0.15) is 5.75 Å². The van der Waals surface area contributed by atoms with Crippen LogP contribution in [0.4, 0.5) is 5.69 Å². The predicted octanol–water partition coefficient (Wildman–Crippen LogP) is 4.03. The van der Waals surface area contributed by atoms with Crippen molar-refractivity contribution in [2.24, 2.45) is 5.10 Å². The van der Waals surface area contributed by atoms with Crippen molar-refractivity contribution in [2.45, 2.75) is 33.1 Å². The zero-order valence-corrected chi connectivity index (χ0v) is 15.6. The molecule has 2 aromatic carbocycles. The average Bonchev–Trinajstić information content (AvgIpc) is 2.70. The van der Waals surface area contributed by atoms with Gasteiger partial charge in [0.2, 0.25) is 0 Å². The zero-order chi connectivity index (χ0) is 19.8. The third-order valence-corrected chi connectivity index (χ3v) is 4.24. The van der Waals surface area contributed by atoms with Crippen molar-refractivity contribution in [3.8, 4) is 5.75 Å². The summed E-state index contributed by atoms with van der Waals surface area (Å²) in [7, 11) is 0. The van der Waals surface area contributed by atoms with Crippen molar-refractivity contribution in [3.63, 3.8) is 0 Å². The Labute approximate surface area is 158 Å². The number of nitro groups is 1. The Kier molecular flexibility index (Phi) is 7.05. The molecule has 1 atom stereocenters. The molecule has 1 amide bonds. The number of nitrogens with one attached hydrogen (secondary N) is 1. The van der Waals surface area contributed by atoms with Gasteiger partial charge < -0.3 is 4.74 Å². The normalized spacial score (nSPS) is 12.3. The summed E-state index contributed by atoms with van der Waals surface area (Å²) < 4.78 is 5.64. The molecule has 0 aliphatic carbocycles. The van der Waals surface area contributed by atoms with E-state index in [4.69, 9.17) is 4.74 Å². The van der Waals surface area contributed by atoms with Crippen LogP contribution in [0.5, 0.6) is 5.75 Å². The molecule has 7 nitrogen and oxygen atoms in total. The fraction of sp³-hybridized carbons (Fsp3) is 0.300. The molecule has 0 aliphatic rings. The molecule has 2 rings (SSSR count).